The molecule has 3 atom stereocenters. The number of para-hydroxylation sites is 2. The highest BCUT2D eigenvalue weighted by Crippen LogP contribution is 2.58. The van der Waals surface area contributed by atoms with E-state index in [0.717, 1.165) is 5.01 Å². The maximum Gasteiger partial charge on any atom is 0.277 e. The number of nitro benzene ring substituents is 2. The van der Waals surface area contributed by atoms with Crippen molar-refractivity contribution in [2.45, 2.75) is 12.0 Å². The van der Waals surface area contributed by atoms with Crippen molar-refractivity contribution in [2.24, 2.45) is 16.3 Å². The average Bonchev–Trinajstić information content (AvgIpc) is 3.54. The number of rotatable bonds is 6. The molecule has 2 aliphatic heterocycles. The van der Waals surface area contributed by atoms with Crippen LogP contribution in [0.1, 0.15) is 28.7 Å². The molecule has 0 bridgehead atoms. The Hall–Kier alpha value is -6.57. The van der Waals surface area contributed by atoms with E-state index in [1.807, 2.05) is 0 Å². The predicted molar refractivity (Wildman–Crippen MR) is 169 cm³/mol. The number of aromatic nitrogens is 2. The third-order valence-electron chi connectivity index (χ3n) is 8.44. The second kappa shape index (κ2) is 10.6. The number of nitro groups is 2. The van der Waals surface area contributed by atoms with Crippen molar-refractivity contribution in [1.82, 2.24) is 9.78 Å². The van der Waals surface area contributed by atoms with Gasteiger partial charge in [0.1, 0.15) is 17.1 Å². The minimum absolute atomic E-state index is 0.0902. The molecule has 0 saturated heterocycles. The first-order valence-corrected chi connectivity index (χ1v) is 14.1. The summed E-state index contributed by atoms with van der Waals surface area (Å²) in [6.45, 7) is 0. The van der Waals surface area contributed by atoms with Crippen LogP contribution in [-0.4, -0.2) is 31.4 Å². The molecule has 4 aromatic carbocycles. The van der Waals surface area contributed by atoms with Crippen molar-refractivity contribution in [3.05, 3.63) is 156 Å². The number of aromatic amines is 1. The summed E-state index contributed by atoms with van der Waals surface area (Å²) in [4.78, 5) is 52.0. The first-order chi connectivity index (χ1) is 22.2. The van der Waals surface area contributed by atoms with Crippen LogP contribution in [0.5, 0.6) is 0 Å². The SMILES string of the molecule is NC1=NN(c2ccccc2)C(=O)C12[C@@H](c1cccc([N+](=O)[O-])c1)c1c([nH]n(-c3ccccc3)c1=O)N[C@H]2c1cccc([N+](=O)[O-])c1. The van der Waals surface area contributed by atoms with Gasteiger partial charge in [0.25, 0.3) is 22.8 Å². The number of H-pyrrole nitrogens is 1. The molecule has 3 heterocycles. The largest absolute Gasteiger partial charge is 0.385 e. The summed E-state index contributed by atoms with van der Waals surface area (Å²) in [5.41, 5.74) is 5.40. The van der Waals surface area contributed by atoms with E-state index in [2.05, 4.69) is 15.5 Å². The molecular weight excluding hydrogens is 592 g/mol. The summed E-state index contributed by atoms with van der Waals surface area (Å²) in [6, 6.07) is 27.5. The van der Waals surface area contributed by atoms with Gasteiger partial charge >= 0.3 is 0 Å². The molecule has 4 N–H and O–H groups in total. The Kier molecular flexibility index (Phi) is 6.47. The Bertz CT molecular complexity index is 2130. The molecule has 0 saturated carbocycles. The van der Waals surface area contributed by atoms with Crippen molar-refractivity contribution in [3.63, 3.8) is 0 Å². The Labute approximate surface area is 259 Å². The number of hydrogen-bond acceptors (Lipinski definition) is 9. The topological polar surface area (TPSA) is 195 Å². The third kappa shape index (κ3) is 4.15. The molecular formula is C32H24N8O6. The van der Waals surface area contributed by atoms with E-state index in [9.17, 15) is 25.0 Å². The molecule has 1 unspecified atom stereocenters. The summed E-state index contributed by atoms with van der Waals surface area (Å²) < 4.78 is 1.30. The lowest BCUT2D eigenvalue weighted by Crippen LogP contribution is -2.56. The van der Waals surface area contributed by atoms with Gasteiger partial charge in [-0.2, -0.15) is 10.1 Å². The van der Waals surface area contributed by atoms with Crippen molar-refractivity contribution < 1.29 is 14.6 Å². The zero-order valence-electron chi connectivity index (χ0n) is 23.8. The Balaban J connectivity index is 1.57. The fourth-order valence-electron chi connectivity index (χ4n) is 6.46. The quantitative estimate of drug-likeness (QED) is 0.182. The van der Waals surface area contributed by atoms with Crippen molar-refractivity contribution >= 4 is 34.6 Å². The number of nitrogens with zero attached hydrogens (tertiary/aromatic N) is 5. The van der Waals surface area contributed by atoms with Gasteiger partial charge in [-0.25, -0.2) is 4.68 Å². The number of hydrazone groups is 1. The maximum atomic E-state index is 15.0. The highest BCUT2D eigenvalue weighted by Gasteiger charge is 2.65. The Morgan fingerprint density at radius 1 is 0.761 bits per heavy atom. The van der Waals surface area contributed by atoms with E-state index in [4.69, 9.17) is 5.73 Å². The van der Waals surface area contributed by atoms with Crippen LogP contribution in [0.3, 0.4) is 0 Å². The second-order valence-electron chi connectivity index (χ2n) is 10.9. The lowest BCUT2D eigenvalue weighted by molar-refractivity contribution is -0.385. The molecule has 1 spiro atoms. The number of amidine groups is 1. The number of amides is 1. The van der Waals surface area contributed by atoms with Crippen molar-refractivity contribution in [2.75, 3.05) is 10.3 Å². The summed E-state index contributed by atoms with van der Waals surface area (Å²) in [6.07, 6.45) is 0. The lowest BCUT2D eigenvalue weighted by atomic mass is 9.60. The van der Waals surface area contributed by atoms with Crippen molar-refractivity contribution in [1.29, 1.82) is 0 Å². The zero-order chi connectivity index (χ0) is 32.2. The number of hydrogen-bond donors (Lipinski definition) is 3. The van der Waals surface area contributed by atoms with E-state index in [1.165, 1.54) is 41.1 Å². The third-order valence-corrected chi connectivity index (χ3v) is 8.44. The average molecular weight is 617 g/mol. The van der Waals surface area contributed by atoms with Gasteiger partial charge in [-0.1, -0.05) is 60.7 Å². The van der Waals surface area contributed by atoms with E-state index in [1.54, 1.807) is 72.8 Å². The second-order valence-corrected chi connectivity index (χ2v) is 10.9. The predicted octanol–water partition coefficient (Wildman–Crippen LogP) is 4.59. The highest BCUT2D eigenvalue weighted by molar-refractivity contribution is 6.20. The van der Waals surface area contributed by atoms with E-state index in [0.29, 0.717) is 16.9 Å². The number of benzene rings is 4. The summed E-state index contributed by atoms with van der Waals surface area (Å²) in [5, 5.41) is 35.8. The van der Waals surface area contributed by atoms with Gasteiger partial charge in [-0.3, -0.25) is 34.9 Å². The standard InChI is InChI=1S/C32H24N8O6/c33-30-32(31(42)38(36-30)22-13-5-2-6-14-22)26(19-9-7-15-23(17-19)39(43)44)25-28(35-37(29(25)41)21-11-3-1-4-12-21)34-27(32)20-10-8-16-24(18-20)40(45)46/h1-18,26-27,34-35H,(H2,33,36)/t26-,27-,32?/m0/s1. The van der Waals surface area contributed by atoms with Crippen LogP contribution in [0.4, 0.5) is 22.9 Å². The fourth-order valence-corrected chi connectivity index (χ4v) is 6.46. The molecule has 7 rings (SSSR count). The van der Waals surface area contributed by atoms with E-state index in [-0.39, 0.29) is 34.2 Å². The Morgan fingerprint density at radius 2 is 1.33 bits per heavy atom. The molecule has 5 aromatic rings. The summed E-state index contributed by atoms with van der Waals surface area (Å²) in [7, 11) is 0. The fraction of sp³-hybridized carbons (Fsp3) is 0.0938. The number of anilines is 2. The van der Waals surface area contributed by atoms with Crippen LogP contribution >= 0.6 is 0 Å². The maximum absolute atomic E-state index is 15.0. The molecule has 0 radical (unpaired) electrons. The molecule has 1 amide bonds. The number of nitrogens with two attached hydrogens (primary N) is 1. The van der Waals surface area contributed by atoms with Crippen LogP contribution < -0.4 is 21.6 Å². The highest BCUT2D eigenvalue weighted by atomic mass is 16.6. The van der Waals surface area contributed by atoms with Crippen LogP contribution in [0, 0.1) is 25.6 Å². The van der Waals surface area contributed by atoms with Gasteiger partial charge in [0.05, 0.1) is 32.8 Å². The van der Waals surface area contributed by atoms with Gasteiger partial charge in [-0.05, 0) is 35.4 Å². The van der Waals surface area contributed by atoms with Crippen LogP contribution in [0.15, 0.2) is 119 Å². The number of nitrogens with one attached hydrogen (secondary N) is 2. The molecule has 0 aliphatic carbocycles. The molecule has 14 heteroatoms. The van der Waals surface area contributed by atoms with Crippen LogP contribution in [0.25, 0.3) is 5.69 Å². The van der Waals surface area contributed by atoms with Gasteiger partial charge < -0.3 is 11.1 Å². The van der Waals surface area contributed by atoms with Gasteiger partial charge in [-0.15, -0.1) is 0 Å². The smallest absolute Gasteiger partial charge is 0.277 e. The summed E-state index contributed by atoms with van der Waals surface area (Å²) in [5.74, 6) is -1.83. The minimum Gasteiger partial charge on any atom is -0.385 e. The van der Waals surface area contributed by atoms with Crippen molar-refractivity contribution in [3.8, 4) is 5.69 Å². The van der Waals surface area contributed by atoms with E-state index >= 15 is 4.79 Å². The van der Waals surface area contributed by atoms with Gasteiger partial charge in [0, 0.05) is 30.2 Å². The molecule has 14 nitrogen and oxygen atoms in total. The van der Waals surface area contributed by atoms with Crippen LogP contribution in [0.2, 0.25) is 0 Å². The first kappa shape index (κ1) is 28.2. The number of carbonyl (C=O) groups is 1. The lowest BCUT2D eigenvalue weighted by Gasteiger charge is -2.45. The summed E-state index contributed by atoms with van der Waals surface area (Å²) >= 11 is 0. The minimum atomic E-state index is -1.91. The molecule has 228 valence electrons. The number of non-ortho nitro benzene ring substituents is 2. The number of fused-ring (bicyclic) bond motifs is 1. The molecule has 46 heavy (non-hydrogen) atoms. The Morgan fingerprint density at radius 3 is 1.93 bits per heavy atom. The molecule has 1 aromatic heterocycles. The monoisotopic (exact) mass is 616 g/mol. The normalized spacial score (nSPS) is 20.2. The number of carbonyl (C=O) groups excluding carboxylic acids is 1. The molecule has 2 aliphatic rings. The van der Waals surface area contributed by atoms with Gasteiger partial charge in [0.2, 0.25) is 0 Å². The van der Waals surface area contributed by atoms with Gasteiger partial charge in [0.15, 0.2) is 0 Å². The van der Waals surface area contributed by atoms with E-state index < -0.39 is 38.7 Å². The van der Waals surface area contributed by atoms with Crippen LogP contribution in [-0.2, 0) is 4.79 Å². The molecule has 0 fully saturated rings. The first-order valence-electron chi connectivity index (χ1n) is 14.1. The zero-order valence-corrected chi connectivity index (χ0v) is 23.8.